The number of anilines is 2. The minimum Gasteiger partial charge on any atom is -0.345 e. The van der Waals surface area contributed by atoms with Crippen molar-refractivity contribution in [1.29, 1.82) is 0 Å². The molecule has 0 aliphatic rings. The number of benzene rings is 2. The van der Waals surface area contributed by atoms with Crippen LogP contribution in [-0.2, 0) is 6.54 Å². The molecule has 4 aromatic rings. The highest BCUT2D eigenvalue weighted by molar-refractivity contribution is 6.39. The van der Waals surface area contributed by atoms with Gasteiger partial charge in [0.05, 0.1) is 21.4 Å². The topological polar surface area (TPSA) is 130 Å². The molecule has 2 aromatic carbocycles. The Hall–Kier alpha value is -4.74. The number of carbonyl (C=O) groups is 3. The maximum Gasteiger partial charge on any atom is 0.323 e. The van der Waals surface area contributed by atoms with Gasteiger partial charge in [-0.1, -0.05) is 41.4 Å². The van der Waals surface area contributed by atoms with E-state index < -0.39 is 11.6 Å². The highest BCUT2D eigenvalue weighted by atomic mass is 35.5. The van der Waals surface area contributed by atoms with Crippen LogP contribution in [0.25, 0.3) is 22.4 Å². The first kappa shape index (κ1) is 31.2. The first-order valence-corrected chi connectivity index (χ1v) is 13.8. The van der Waals surface area contributed by atoms with Crippen LogP contribution in [0.15, 0.2) is 65.7 Å². The fraction of sp³-hybridized carbons (Fsp3) is 0.200. The largest absolute Gasteiger partial charge is 0.345 e. The van der Waals surface area contributed by atoms with E-state index in [1.54, 1.807) is 65.4 Å². The molecule has 11 nitrogen and oxygen atoms in total. The number of hydrogen-bond acceptors (Lipinski definition) is 6. The smallest absolute Gasteiger partial charge is 0.323 e. The van der Waals surface area contributed by atoms with Gasteiger partial charge in [0.25, 0.3) is 17.4 Å². The molecule has 13 heteroatoms. The van der Waals surface area contributed by atoms with Crippen LogP contribution in [0.2, 0.25) is 10.0 Å². The van der Waals surface area contributed by atoms with Crippen molar-refractivity contribution in [2.45, 2.75) is 13.5 Å². The number of rotatable bonds is 7. The maximum absolute atomic E-state index is 13.0. The van der Waals surface area contributed by atoms with Gasteiger partial charge in [0.1, 0.15) is 5.69 Å². The van der Waals surface area contributed by atoms with E-state index in [2.05, 4.69) is 20.7 Å². The van der Waals surface area contributed by atoms with Gasteiger partial charge in [0.2, 0.25) is 0 Å². The lowest BCUT2D eigenvalue weighted by molar-refractivity contribution is 0.0826. The van der Waals surface area contributed by atoms with Gasteiger partial charge in [-0.25, -0.2) is 9.48 Å². The Morgan fingerprint density at radius 1 is 0.814 bits per heavy atom. The third-order valence-corrected chi connectivity index (χ3v) is 6.92. The number of aryl methyl sites for hydroxylation is 1. The molecule has 0 spiro atoms. The van der Waals surface area contributed by atoms with Gasteiger partial charge in [0.15, 0.2) is 0 Å². The zero-order chi connectivity index (χ0) is 31.4. The second-order valence-electron chi connectivity index (χ2n) is 9.90. The van der Waals surface area contributed by atoms with Crippen molar-refractivity contribution in [1.82, 2.24) is 24.6 Å². The number of nitrogens with zero attached hydrogens (tertiary/aromatic N) is 5. The predicted molar refractivity (Wildman–Crippen MR) is 168 cm³/mol. The van der Waals surface area contributed by atoms with Gasteiger partial charge in [-0.15, -0.1) is 0 Å². The highest BCUT2D eigenvalue weighted by Crippen LogP contribution is 2.30. The summed E-state index contributed by atoms with van der Waals surface area (Å²) in [5.74, 6) is -0.489. The van der Waals surface area contributed by atoms with E-state index in [1.165, 1.54) is 32.9 Å². The van der Waals surface area contributed by atoms with Crippen molar-refractivity contribution >= 4 is 52.4 Å². The molecule has 0 saturated heterocycles. The molecule has 0 fully saturated rings. The maximum atomic E-state index is 13.0. The number of hydrogen-bond donors (Lipinski definition) is 2. The fourth-order valence-corrected chi connectivity index (χ4v) is 4.66. The van der Waals surface area contributed by atoms with Crippen LogP contribution < -0.4 is 16.2 Å². The van der Waals surface area contributed by atoms with Crippen LogP contribution in [-0.4, -0.2) is 70.6 Å². The van der Waals surface area contributed by atoms with E-state index in [-0.39, 0.29) is 39.8 Å². The molecular formula is C30H29Cl2N7O4. The molecule has 43 heavy (non-hydrogen) atoms. The molecule has 0 radical (unpaired) electrons. The minimum atomic E-state index is -0.735. The zero-order valence-electron chi connectivity index (χ0n) is 24.1. The van der Waals surface area contributed by atoms with Crippen molar-refractivity contribution in [2.24, 2.45) is 0 Å². The van der Waals surface area contributed by atoms with Gasteiger partial charge in [-0.2, -0.15) is 5.10 Å². The Labute approximate surface area is 258 Å². The number of nitrogens with one attached hydrogen (secondary N) is 2. The van der Waals surface area contributed by atoms with Crippen LogP contribution in [0.3, 0.4) is 0 Å². The van der Waals surface area contributed by atoms with Gasteiger partial charge in [-0.05, 0) is 48.4 Å². The Kier molecular flexibility index (Phi) is 9.47. The Bertz CT molecular complexity index is 1730. The molecule has 0 aliphatic heterocycles. The molecule has 0 unspecified atom stereocenters. The number of urea groups is 1. The molecule has 0 bridgehead atoms. The average molecular weight is 623 g/mol. The quantitative estimate of drug-likeness (QED) is 0.286. The summed E-state index contributed by atoms with van der Waals surface area (Å²) in [7, 11) is 6.57. The van der Waals surface area contributed by atoms with Crippen molar-refractivity contribution in [3.8, 4) is 22.4 Å². The van der Waals surface area contributed by atoms with Gasteiger partial charge < -0.3 is 20.4 Å². The number of halogens is 2. The van der Waals surface area contributed by atoms with Crippen LogP contribution >= 0.6 is 23.2 Å². The molecule has 0 atom stereocenters. The Morgan fingerprint density at radius 3 is 1.95 bits per heavy atom. The van der Waals surface area contributed by atoms with Gasteiger partial charge in [0, 0.05) is 63.8 Å². The summed E-state index contributed by atoms with van der Waals surface area (Å²) in [6.07, 6.45) is 2.66. The van der Waals surface area contributed by atoms with E-state index in [1.807, 2.05) is 12.1 Å². The third kappa shape index (κ3) is 7.02. The van der Waals surface area contributed by atoms with E-state index in [9.17, 15) is 19.2 Å². The lowest BCUT2D eigenvalue weighted by atomic mass is 9.96. The van der Waals surface area contributed by atoms with E-state index in [4.69, 9.17) is 23.2 Å². The van der Waals surface area contributed by atoms with Crippen molar-refractivity contribution in [3.05, 3.63) is 92.5 Å². The summed E-state index contributed by atoms with van der Waals surface area (Å²) in [5.41, 5.74) is 2.74. The first-order chi connectivity index (χ1) is 20.4. The number of amides is 4. The molecule has 0 aliphatic carbocycles. The number of pyridine rings is 1. The normalized spacial score (nSPS) is 10.7. The van der Waals surface area contributed by atoms with Crippen LogP contribution in [0, 0.1) is 0 Å². The van der Waals surface area contributed by atoms with Crippen LogP contribution in [0.4, 0.5) is 16.2 Å². The summed E-state index contributed by atoms with van der Waals surface area (Å²) in [6, 6.07) is 13.0. The molecule has 2 N–H and O–H groups in total. The Balaban J connectivity index is 1.75. The van der Waals surface area contributed by atoms with Gasteiger partial charge >= 0.3 is 6.03 Å². The minimum absolute atomic E-state index is 0.0199. The predicted octanol–water partition coefficient (Wildman–Crippen LogP) is 5.35. The second-order valence-corrected chi connectivity index (χ2v) is 10.7. The van der Waals surface area contributed by atoms with Crippen molar-refractivity contribution in [3.63, 3.8) is 0 Å². The van der Waals surface area contributed by atoms with Crippen molar-refractivity contribution in [2.75, 3.05) is 38.8 Å². The molecule has 2 heterocycles. The lowest BCUT2D eigenvalue weighted by Gasteiger charge is -2.16. The van der Waals surface area contributed by atoms with E-state index >= 15 is 0 Å². The zero-order valence-corrected chi connectivity index (χ0v) is 25.6. The molecule has 0 saturated carbocycles. The number of carbonyl (C=O) groups excluding carboxylic acids is 3. The van der Waals surface area contributed by atoms with E-state index in [0.29, 0.717) is 33.5 Å². The SMILES string of the molecule is CCn1nc(-c2cccc(-c3cc(C(=O)N(C)C)cc(C(=O)N(C)C)c3)c2)cc(NC(=O)Nc2c(Cl)cncc2Cl)c1=O. The van der Waals surface area contributed by atoms with Crippen molar-refractivity contribution < 1.29 is 14.4 Å². The lowest BCUT2D eigenvalue weighted by Crippen LogP contribution is -2.29. The van der Waals surface area contributed by atoms with Crippen LogP contribution in [0.5, 0.6) is 0 Å². The third-order valence-electron chi connectivity index (χ3n) is 6.34. The second kappa shape index (κ2) is 13.1. The first-order valence-electron chi connectivity index (χ1n) is 13.1. The summed E-state index contributed by atoms with van der Waals surface area (Å²) >= 11 is 12.2. The molecule has 4 amide bonds. The van der Waals surface area contributed by atoms with E-state index in [0.717, 1.165) is 0 Å². The standard InChI is InChI=1S/C30H29Cl2N7O4/c1-6-39-29(42)25(34-30(43)35-26-22(31)15-33-16-23(26)32)14-24(36-39)18-9-7-8-17(10-18)19-11-20(27(40)37(2)3)13-21(12-19)28(41)38(4)5/h7-16H,6H2,1-5H3,(H2,33,34,35,43). The summed E-state index contributed by atoms with van der Waals surface area (Å²) in [4.78, 5) is 58.3. The highest BCUT2D eigenvalue weighted by Gasteiger charge is 2.18. The summed E-state index contributed by atoms with van der Waals surface area (Å²) in [6.45, 7) is 2.00. The fourth-order valence-electron chi connectivity index (χ4n) is 4.20. The summed E-state index contributed by atoms with van der Waals surface area (Å²) in [5, 5.41) is 9.84. The molecular weight excluding hydrogens is 593 g/mol. The molecule has 222 valence electrons. The van der Waals surface area contributed by atoms with Gasteiger partial charge in [-0.3, -0.25) is 19.4 Å². The monoisotopic (exact) mass is 621 g/mol. The Morgan fingerprint density at radius 2 is 1.40 bits per heavy atom. The number of aromatic nitrogens is 3. The van der Waals surface area contributed by atoms with Crippen LogP contribution in [0.1, 0.15) is 27.6 Å². The molecule has 4 rings (SSSR count). The average Bonchev–Trinajstić information content (AvgIpc) is 2.99. The molecule has 2 aromatic heterocycles. The summed E-state index contributed by atoms with van der Waals surface area (Å²) < 4.78 is 1.23.